The number of nitrogens with one attached hydrogen (secondary N) is 1. The van der Waals surface area contributed by atoms with E-state index in [9.17, 15) is 8.42 Å². The van der Waals surface area contributed by atoms with Crippen LogP contribution in [0.15, 0.2) is 34.5 Å². The molecule has 4 nitrogen and oxygen atoms in total. The van der Waals surface area contributed by atoms with Gasteiger partial charge >= 0.3 is 0 Å². The summed E-state index contributed by atoms with van der Waals surface area (Å²) in [5.74, 6) is 0. The predicted molar refractivity (Wildman–Crippen MR) is 87.5 cm³/mol. The van der Waals surface area contributed by atoms with Gasteiger partial charge in [-0.15, -0.1) is 11.3 Å². The second-order valence-electron chi connectivity index (χ2n) is 3.72. The van der Waals surface area contributed by atoms with E-state index in [0.717, 1.165) is 11.3 Å². The Hall–Kier alpha value is -0.860. The molecule has 0 saturated heterocycles. The second-order valence-corrected chi connectivity index (χ2v) is 8.22. The standard InChI is InChI=1S/C11H8Cl2N2O2S3/c12-6-1-2-7(11(14)18)8(5-6)15-20(16,17)10-4-3-9(13)19-10/h1-5,15H,(H2,14,18). The van der Waals surface area contributed by atoms with E-state index >= 15 is 0 Å². The van der Waals surface area contributed by atoms with Crippen LogP contribution >= 0.6 is 46.8 Å². The molecule has 0 aliphatic carbocycles. The third-order valence-corrected chi connectivity index (χ3v) is 5.85. The molecule has 0 aliphatic rings. The molecule has 0 atom stereocenters. The highest BCUT2D eigenvalue weighted by Crippen LogP contribution is 2.29. The first kappa shape index (κ1) is 15.5. The number of anilines is 1. The van der Waals surface area contributed by atoms with Crippen molar-refractivity contribution in [3.8, 4) is 0 Å². The quantitative estimate of drug-likeness (QED) is 0.812. The summed E-state index contributed by atoms with van der Waals surface area (Å²) in [5.41, 5.74) is 6.19. The summed E-state index contributed by atoms with van der Waals surface area (Å²) in [5, 5.41) is 0.368. The van der Waals surface area contributed by atoms with Crippen LogP contribution in [0.5, 0.6) is 0 Å². The molecule has 2 rings (SSSR count). The van der Waals surface area contributed by atoms with Crippen molar-refractivity contribution in [1.82, 2.24) is 0 Å². The van der Waals surface area contributed by atoms with Crippen molar-refractivity contribution in [2.24, 2.45) is 5.73 Å². The van der Waals surface area contributed by atoms with Crippen molar-refractivity contribution >= 4 is 67.5 Å². The minimum Gasteiger partial charge on any atom is -0.389 e. The number of benzene rings is 1. The van der Waals surface area contributed by atoms with E-state index in [2.05, 4.69) is 4.72 Å². The van der Waals surface area contributed by atoms with Crippen molar-refractivity contribution in [3.05, 3.63) is 45.3 Å². The lowest BCUT2D eigenvalue weighted by Crippen LogP contribution is -2.17. The van der Waals surface area contributed by atoms with Crippen molar-refractivity contribution < 1.29 is 8.42 Å². The smallest absolute Gasteiger partial charge is 0.271 e. The Labute approximate surface area is 135 Å². The Morgan fingerprint density at radius 3 is 2.50 bits per heavy atom. The fourth-order valence-electron chi connectivity index (χ4n) is 1.45. The molecular formula is C11H8Cl2N2O2S3. The van der Waals surface area contributed by atoms with Gasteiger partial charge in [0.1, 0.15) is 9.20 Å². The number of thiophene rings is 1. The normalized spacial score (nSPS) is 11.3. The summed E-state index contributed by atoms with van der Waals surface area (Å²) in [6.45, 7) is 0. The van der Waals surface area contributed by atoms with Gasteiger partial charge in [-0.25, -0.2) is 8.42 Å². The van der Waals surface area contributed by atoms with Crippen molar-refractivity contribution in [2.45, 2.75) is 4.21 Å². The monoisotopic (exact) mass is 366 g/mol. The first-order chi connectivity index (χ1) is 9.29. The molecular weight excluding hydrogens is 359 g/mol. The molecule has 106 valence electrons. The van der Waals surface area contributed by atoms with Gasteiger partial charge in [-0.3, -0.25) is 4.72 Å². The van der Waals surface area contributed by atoms with E-state index in [0.29, 0.717) is 14.9 Å². The molecule has 0 bridgehead atoms. The number of nitrogens with two attached hydrogens (primary N) is 1. The third-order valence-electron chi connectivity index (χ3n) is 2.30. The Morgan fingerprint density at radius 2 is 1.95 bits per heavy atom. The van der Waals surface area contributed by atoms with Gasteiger partial charge in [-0.05, 0) is 30.3 Å². The largest absolute Gasteiger partial charge is 0.389 e. The van der Waals surface area contributed by atoms with Gasteiger partial charge in [0.15, 0.2) is 0 Å². The fourth-order valence-corrected chi connectivity index (χ4v) is 4.36. The molecule has 1 aromatic carbocycles. The predicted octanol–water partition coefficient (Wildman–Crippen LogP) is 3.49. The van der Waals surface area contributed by atoms with Crippen LogP contribution in [0, 0.1) is 0 Å². The number of sulfonamides is 1. The van der Waals surface area contributed by atoms with Crippen molar-refractivity contribution in [2.75, 3.05) is 4.72 Å². The highest BCUT2D eigenvalue weighted by Gasteiger charge is 2.19. The minimum absolute atomic E-state index is 0.0728. The van der Waals surface area contributed by atoms with E-state index in [1.54, 1.807) is 12.1 Å². The highest BCUT2D eigenvalue weighted by molar-refractivity contribution is 7.94. The van der Waals surface area contributed by atoms with Gasteiger partial charge in [-0.2, -0.15) is 0 Å². The van der Waals surface area contributed by atoms with Gasteiger partial charge in [0, 0.05) is 10.6 Å². The van der Waals surface area contributed by atoms with E-state index in [4.69, 9.17) is 41.2 Å². The molecule has 0 fully saturated rings. The number of rotatable bonds is 4. The molecule has 0 saturated carbocycles. The zero-order valence-electron chi connectivity index (χ0n) is 9.76. The average molecular weight is 367 g/mol. The Balaban J connectivity index is 2.44. The van der Waals surface area contributed by atoms with Crippen LogP contribution in [-0.2, 0) is 10.0 Å². The molecule has 2 aromatic rings. The van der Waals surface area contributed by atoms with E-state index < -0.39 is 10.0 Å². The maximum Gasteiger partial charge on any atom is 0.271 e. The topological polar surface area (TPSA) is 72.2 Å². The fraction of sp³-hybridized carbons (Fsp3) is 0. The summed E-state index contributed by atoms with van der Waals surface area (Å²) >= 11 is 17.4. The average Bonchev–Trinajstić information content (AvgIpc) is 2.75. The van der Waals surface area contributed by atoms with Crippen LogP contribution in [0.3, 0.4) is 0 Å². The van der Waals surface area contributed by atoms with Gasteiger partial charge in [0.05, 0.1) is 10.0 Å². The number of thiocarbonyl (C=S) groups is 1. The Bertz CT molecular complexity index is 772. The Kier molecular flexibility index (Phi) is 4.55. The lowest BCUT2D eigenvalue weighted by molar-refractivity contribution is 0.603. The van der Waals surface area contributed by atoms with E-state index in [1.165, 1.54) is 18.2 Å². The molecule has 3 N–H and O–H groups in total. The number of halogens is 2. The maximum absolute atomic E-state index is 12.2. The van der Waals surface area contributed by atoms with E-state index in [1.807, 2.05) is 0 Å². The van der Waals surface area contributed by atoms with Crippen molar-refractivity contribution in [1.29, 1.82) is 0 Å². The maximum atomic E-state index is 12.2. The van der Waals surface area contributed by atoms with Gasteiger partial charge in [-0.1, -0.05) is 35.4 Å². The molecule has 0 amide bonds. The summed E-state index contributed by atoms with van der Waals surface area (Å²) in [6.07, 6.45) is 0. The second kappa shape index (κ2) is 5.87. The molecule has 0 spiro atoms. The van der Waals surface area contributed by atoms with E-state index in [-0.39, 0.29) is 14.9 Å². The van der Waals surface area contributed by atoms with Crippen LogP contribution in [0.25, 0.3) is 0 Å². The molecule has 1 heterocycles. The summed E-state index contributed by atoms with van der Waals surface area (Å²) in [7, 11) is -3.76. The molecule has 0 unspecified atom stereocenters. The van der Waals surface area contributed by atoms with Gasteiger partial charge in [0.2, 0.25) is 0 Å². The third kappa shape index (κ3) is 3.42. The highest BCUT2D eigenvalue weighted by atomic mass is 35.5. The van der Waals surface area contributed by atoms with Crippen LogP contribution < -0.4 is 10.5 Å². The molecule has 0 radical (unpaired) electrons. The van der Waals surface area contributed by atoms with Crippen LogP contribution in [-0.4, -0.2) is 13.4 Å². The van der Waals surface area contributed by atoms with Crippen LogP contribution in [0.2, 0.25) is 9.36 Å². The first-order valence-electron chi connectivity index (χ1n) is 5.17. The summed E-state index contributed by atoms with van der Waals surface area (Å²) in [4.78, 5) is 0.0728. The first-order valence-corrected chi connectivity index (χ1v) is 8.63. The number of hydrogen-bond acceptors (Lipinski definition) is 4. The zero-order chi connectivity index (χ0) is 14.9. The SMILES string of the molecule is NC(=S)c1ccc(Cl)cc1NS(=O)(=O)c1ccc(Cl)s1. The minimum atomic E-state index is -3.76. The van der Waals surface area contributed by atoms with Gasteiger partial charge in [0.25, 0.3) is 10.0 Å². The Morgan fingerprint density at radius 1 is 1.25 bits per heavy atom. The van der Waals surface area contributed by atoms with Crippen LogP contribution in [0.4, 0.5) is 5.69 Å². The van der Waals surface area contributed by atoms with Crippen LogP contribution in [0.1, 0.15) is 5.56 Å². The molecule has 1 aromatic heterocycles. The van der Waals surface area contributed by atoms with Gasteiger partial charge < -0.3 is 5.73 Å². The summed E-state index contributed by atoms with van der Waals surface area (Å²) < 4.78 is 27.3. The lowest BCUT2D eigenvalue weighted by atomic mass is 10.2. The number of hydrogen-bond donors (Lipinski definition) is 2. The summed E-state index contributed by atoms with van der Waals surface area (Å²) in [6, 6.07) is 7.51. The lowest BCUT2D eigenvalue weighted by Gasteiger charge is -2.11. The molecule has 20 heavy (non-hydrogen) atoms. The molecule has 9 heteroatoms. The molecule has 0 aliphatic heterocycles. The zero-order valence-corrected chi connectivity index (χ0v) is 13.7. The van der Waals surface area contributed by atoms with Crippen molar-refractivity contribution in [3.63, 3.8) is 0 Å².